The Morgan fingerprint density at radius 1 is 0.278 bits per heavy atom. The number of anilines is 3. The van der Waals surface area contributed by atoms with Gasteiger partial charge in [-0.3, -0.25) is 0 Å². The third kappa shape index (κ3) is 4.96. The van der Waals surface area contributed by atoms with E-state index in [1.165, 1.54) is 65.3 Å². The van der Waals surface area contributed by atoms with Gasteiger partial charge in [-0.1, -0.05) is 146 Å². The number of hydrogen-bond acceptors (Lipinski definition) is 2. The Morgan fingerprint density at radius 3 is 1.65 bits per heavy atom. The minimum absolute atomic E-state index is 0.918. The number of benzene rings is 10. The Balaban J connectivity index is 1.16. The van der Waals surface area contributed by atoms with Crippen molar-refractivity contribution >= 4 is 82.1 Å². The topological polar surface area (TPSA) is 16.4 Å². The van der Waals surface area contributed by atoms with E-state index in [4.69, 9.17) is 4.42 Å². The van der Waals surface area contributed by atoms with Crippen LogP contribution in [0.1, 0.15) is 0 Å². The molecule has 11 aromatic rings. The summed E-state index contributed by atoms with van der Waals surface area (Å²) in [5.74, 6) is 0. The number of hydrogen-bond donors (Lipinski definition) is 0. The predicted octanol–water partition coefficient (Wildman–Crippen LogP) is 15.0. The second-order valence-corrected chi connectivity index (χ2v) is 14.1. The molecule has 11 rings (SSSR count). The molecule has 0 unspecified atom stereocenters. The summed E-state index contributed by atoms with van der Waals surface area (Å²) in [7, 11) is 0. The van der Waals surface area contributed by atoms with Gasteiger partial charge in [0.05, 0.1) is 5.69 Å². The van der Waals surface area contributed by atoms with Gasteiger partial charge in [0.15, 0.2) is 0 Å². The second kappa shape index (κ2) is 12.2. The van der Waals surface area contributed by atoms with Crippen LogP contribution in [0.3, 0.4) is 0 Å². The highest BCUT2D eigenvalue weighted by molar-refractivity contribution is 6.18. The second-order valence-electron chi connectivity index (χ2n) is 14.1. The van der Waals surface area contributed by atoms with E-state index < -0.39 is 0 Å². The molecule has 0 spiro atoms. The van der Waals surface area contributed by atoms with Crippen molar-refractivity contribution in [2.24, 2.45) is 0 Å². The average molecular weight is 688 g/mol. The van der Waals surface area contributed by atoms with Gasteiger partial charge in [0.1, 0.15) is 11.2 Å². The van der Waals surface area contributed by atoms with E-state index in [9.17, 15) is 0 Å². The summed E-state index contributed by atoms with van der Waals surface area (Å²) >= 11 is 0. The van der Waals surface area contributed by atoms with Crippen LogP contribution in [0.4, 0.5) is 17.1 Å². The molecule has 252 valence electrons. The van der Waals surface area contributed by atoms with Crippen molar-refractivity contribution in [1.82, 2.24) is 0 Å². The van der Waals surface area contributed by atoms with Crippen LogP contribution < -0.4 is 4.90 Å². The summed E-state index contributed by atoms with van der Waals surface area (Å²) in [6, 6.07) is 72.5. The Morgan fingerprint density at radius 2 is 0.852 bits per heavy atom. The normalized spacial score (nSPS) is 11.7. The summed E-state index contributed by atoms with van der Waals surface area (Å²) in [6.45, 7) is 0. The molecule has 2 heteroatoms. The van der Waals surface area contributed by atoms with Crippen LogP contribution in [-0.4, -0.2) is 0 Å². The smallest absolute Gasteiger partial charge is 0.136 e. The van der Waals surface area contributed by atoms with Crippen molar-refractivity contribution < 1.29 is 4.42 Å². The molecule has 0 aliphatic carbocycles. The number of fused-ring (bicyclic) bond motifs is 9. The van der Waals surface area contributed by atoms with Crippen molar-refractivity contribution in [2.75, 3.05) is 4.90 Å². The Labute approximate surface area is 312 Å². The molecule has 10 aromatic carbocycles. The largest absolute Gasteiger partial charge is 0.456 e. The fraction of sp³-hybridized carbons (Fsp3) is 0. The molecule has 0 bridgehead atoms. The lowest BCUT2D eigenvalue weighted by molar-refractivity contribution is 0.669. The maximum absolute atomic E-state index is 6.25. The van der Waals surface area contributed by atoms with Crippen molar-refractivity contribution in [3.63, 3.8) is 0 Å². The zero-order chi connectivity index (χ0) is 35.6. The zero-order valence-electron chi connectivity index (χ0n) is 29.4. The van der Waals surface area contributed by atoms with E-state index in [1.807, 2.05) is 12.1 Å². The van der Waals surface area contributed by atoms with Crippen LogP contribution in [0.15, 0.2) is 205 Å². The third-order valence-corrected chi connectivity index (χ3v) is 11.0. The van der Waals surface area contributed by atoms with Crippen LogP contribution in [-0.2, 0) is 0 Å². The molecule has 0 saturated carbocycles. The van der Waals surface area contributed by atoms with Gasteiger partial charge >= 0.3 is 0 Å². The lowest BCUT2D eigenvalue weighted by Gasteiger charge is -2.28. The average Bonchev–Trinajstić information content (AvgIpc) is 3.61. The molecular formula is C52H33NO. The summed E-state index contributed by atoms with van der Waals surface area (Å²) in [4.78, 5) is 2.44. The highest BCUT2D eigenvalue weighted by atomic mass is 16.3. The van der Waals surface area contributed by atoms with Gasteiger partial charge in [0.25, 0.3) is 0 Å². The molecule has 0 fully saturated rings. The van der Waals surface area contributed by atoms with E-state index in [0.29, 0.717) is 0 Å². The van der Waals surface area contributed by atoms with Gasteiger partial charge in [-0.2, -0.15) is 0 Å². The van der Waals surface area contributed by atoms with Gasteiger partial charge in [-0.25, -0.2) is 0 Å². The van der Waals surface area contributed by atoms with Crippen LogP contribution in [0.2, 0.25) is 0 Å². The van der Waals surface area contributed by atoms with Crippen LogP contribution in [0.25, 0.3) is 87.3 Å². The van der Waals surface area contributed by atoms with Gasteiger partial charge in [-0.05, 0) is 115 Å². The highest BCUT2D eigenvalue weighted by Gasteiger charge is 2.19. The van der Waals surface area contributed by atoms with Crippen LogP contribution >= 0.6 is 0 Å². The van der Waals surface area contributed by atoms with Crippen molar-refractivity contribution in [2.45, 2.75) is 0 Å². The molecule has 0 saturated heterocycles. The molecule has 0 radical (unpaired) electrons. The van der Waals surface area contributed by atoms with E-state index in [-0.39, 0.29) is 0 Å². The molecule has 0 amide bonds. The summed E-state index contributed by atoms with van der Waals surface area (Å²) < 4.78 is 6.25. The predicted molar refractivity (Wildman–Crippen MR) is 229 cm³/mol. The molecule has 0 aliphatic heterocycles. The minimum atomic E-state index is 0.918. The summed E-state index contributed by atoms with van der Waals surface area (Å²) in [5.41, 5.74) is 9.98. The monoisotopic (exact) mass is 687 g/mol. The van der Waals surface area contributed by atoms with Crippen molar-refractivity contribution in [3.05, 3.63) is 200 Å². The zero-order valence-corrected chi connectivity index (χ0v) is 29.4. The highest BCUT2D eigenvalue weighted by Crippen LogP contribution is 2.45. The first kappa shape index (κ1) is 30.5. The standard InChI is InChI=1S/C52H33NO/c1-3-11-34(12-4-1)36-21-24-41(25-22-36)53(50-31-38-15-7-8-16-43(38)45-27-23-37(30-48(45)50)35-13-5-2-6-14-35)42-26-28-44-39(29-42)19-20-40-32-52-49(33-47(40)44)46-17-9-10-18-51(46)54-52/h1-33H. The van der Waals surface area contributed by atoms with E-state index in [2.05, 4.69) is 193 Å². The third-order valence-electron chi connectivity index (χ3n) is 11.0. The van der Waals surface area contributed by atoms with Gasteiger partial charge in [0.2, 0.25) is 0 Å². The van der Waals surface area contributed by atoms with Crippen molar-refractivity contribution in [3.8, 4) is 22.3 Å². The van der Waals surface area contributed by atoms with Gasteiger partial charge in [-0.15, -0.1) is 0 Å². The van der Waals surface area contributed by atoms with Crippen LogP contribution in [0, 0.1) is 0 Å². The van der Waals surface area contributed by atoms with E-state index in [1.54, 1.807) is 0 Å². The van der Waals surface area contributed by atoms with E-state index >= 15 is 0 Å². The fourth-order valence-electron chi connectivity index (χ4n) is 8.35. The molecule has 2 nitrogen and oxygen atoms in total. The Hall–Kier alpha value is -7.16. The molecular weight excluding hydrogens is 655 g/mol. The fourth-order valence-corrected chi connectivity index (χ4v) is 8.35. The van der Waals surface area contributed by atoms with Crippen LogP contribution in [0.5, 0.6) is 0 Å². The molecule has 1 heterocycles. The minimum Gasteiger partial charge on any atom is -0.456 e. The Bertz CT molecular complexity index is 3200. The maximum atomic E-state index is 6.25. The summed E-state index contributed by atoms with van der Waals surface area (Å²) in [6.07, 6.45) is 0. The quantitative estimate of drug-likeness (QED) is 0.168. The molecule has 54 heavy (non-hydrogen) atoms. The Kier molecular flexibility index (Phi) is 6.90. The molecule has 0 atom stereocenters. The molecule has 0 N–H and O–H groups in total. The lowest BCUT2D eigenvalue weighted by Crippen LogP contribution is -2.10. The maximum Gasteiger partial charge on any atom is 0.136 e. The number of para-hydroxylation sites is 1. The number of nitrogens with zero attached hydrogens (tertiary/aromatic N) is 1. The summed E-state index contributed by atoms with van der Waals surface area (Å²) in [5, 5.41) is 12.0. The first-order valence-corrected chi connectivity index (χ1v) is 18.5. The first-order chi connectivity index (χ1) is 26.7. The number of furan rings is 1. The number of rotatable bonds is 5. The van der Waals surface area contributed by atoms with Gasteiger partial charge in [0, 0.05) is 27.5 Å². The lowest BCUT2D eigenvalue weighted by atomic mass is 9.95. The SMILES string of the molecule is c1ccc(-c2ccc(N(c3ccc4c(ccc5cc6oc7ccccc7c6cc54)c3)c3cc4ccccc4c4ccc(-c5ccccc5)cc34)cc2)cc1. The first-order valence-electron chi connectivity index (χ1n) is 18.5. The molecule has 1 aromatic heterocycles. The van der Waals surface area contributed by atoms with Crippen molar-refractivity contribution in [1.29, 1.82) is 0 Å². The molecule has 0 aliphatic rings. The van der Waals surface area contributed by atoms with E-state index in [0.717, 1.165) is 39.0 Å². The van der Waals surface area contributed by atoms with Gasteiger partial charge < -0.3 is 9.32 Å².